The second-order valence-electron chi connectivity index (χ2n) is 5.52. The number of carbonyl (C=O) groups excluding carboxylic acids is 2. The monoisotopic (exact) mass is 400 g/mol. The van der Waals surface area contributed by atoms with Gasteiger partial charge >= 0.3 is 0 Å². The molecule has 2 aromatic rings. The summed E-state index contributed by atoms with van der Waals surface area (Å²) in [5.41, 5.74) is 0.872. The van der Waals surface area contributed by atoms with Gasteiger partial charge in [-0.2, -0.15) is 0 Å². The smallest absolute Gasteiger partial charge is 0.246 e. The first-order chi connectivity index (χ1) is 12.3. The minimum Gasteiger partial charge on any atom is -0.357 e. The van der Waals surface area contributed by atoms with Crippen molar-refractivity contribution in [1.29, 1.82) is 0 Å². The summed E-state index contributed by atoms with van der Waals surface area (Å²) in [6.45, 7) is 0. The zero-order valence-electron chi connectivity index (χ0n) is 13.8. The largest absolute Gasteiger partial charge is 0.357 e. The normalized spacial score (nSPS) is 11.7. The Labute approximate surface area is 159 Å². The molecule has 0 saturated carbocycles. The molecule has 138 valence electrons. The van der Waals surface area contributed by atoms with Crippen LogP contribution in [0.3, 0.4) is 0 Å². The predicted molar refractivity (Wildman–Crippen MR) is 96.1 cm³/mol. The van der Waals surface area contributed by atoms with Gasteiger partial charge in [0.15, 0.2) is 11.6 Å². The molecule has 2 amide bonds. The van der Waals surface area contributed by atoms with E-state index < -0.39 is 29.5 Å². The maximum Gasteiger partial charge on any atom is 0.246 e. The second-order valence-corrected chi connectivity index (χ2v) is 6.37. The van der Waals surface area contributed by atoms with Gasteiger partial charge in [0.2, 0.25) is 11.8 Å². The van der Waals surface area contributed by atoms with Crippen LogP contribution in [0.4, 0.5) is 8.78 Å². The van der Waals surface area contributed by atoms with Crippen LogP contribution >= 0.6 is 23.2 Å². The average Bonchev–Trinajstić information content (AvgIpc) is 2.60. The summed E-state index contributed by atoms with van der Waals surface area (Å²) in [6.07, 6.45) is 0.388. The first-order valence-corrected chi connectivity index (χ1v) is 8.47. The molecule has 26 heavy (non-hydrogen) atoms. The molecule has 0 aliphatic heterocycles. The van der Waals surface area contributed by atoms with Crippen LogP contribution in [0.2, 0.25) is 10.0 Å². The topological polar surface area (TPSA) is 58.2 Å². The third kappa shape index (κ3) is 5.16. The number of hydrogen-bond acceptors (Lipinski definition) is 2. The molecule has 2 rings (SSSR count). The number of rotatable bonds is 6. The summed E-state index contributed by atoms with van der Waals surface area (Å²) in [5, 5.41) is 5.83. The molecule has 1 unspecified atom stereocenters. The highest BCUT2D eigenvalue weighted by Gasteiger charge is 2.23. The van der Waals surface area contributed by atoms with E-state index in [0.717, 1.165) is 17.7 Å². The van der Waals surface area contributed by atoms with Crippen LogP contribution in [0.1, 0.15) is 23.6 Å². The number of likely N-dealkylation sites (N-methyl/N-ethyl adjacent to an activating group) is 1. The van der Waals surface area contributed by atoms with Gasteiger partial charge in [-0.05, 0) is 41.8 Å². The van der Waals surface area contributed by atoms with Crippen LogP contribution in [0.15, 0.2) is 36.4 Å². The Morgan fingerprint density at radius 2 is 1.81 bits per heavy atom. The lowest BCUT2D eigenvalue weighted by Crippen LogP contribution is -2.39. The number of aryl methyl sites for hydroxylation is 1. The molecule has 0 spiro atoms. The Hall–Kier alpha value is -2.18. The summed E-state index contributed by atoms with van der Waals surface area (Å²) in [6, 6.07) is 6.84. The minimum absolute atomic E-state index is 0.0541. The molecule has 2 N–H and O–H groups in total. The highest BCUT2D eigenvalue weighted by Crippen LogP contribution is 2.22. The van der Waals surface area contributed by atoms with Crippen LogP contribution in [-0.2, 0) is 16.0 Å². The number of amides is 2. The van der Waals surface area contributed by atoms with Gasteiger partial charge < -0.3 is 10.6 Å². The fraction of sp³-hybridized carbons (Fsp3) is 0.222. The van der Waals surface area contributed by atoms with Crippen molar-refractivity contribution in [2.45, 2.75) is 18.9 Å². The lowest BCUT2D eigenvalue weighted by atomic mass is 10.0. The van der Waals surface area contributed by atoms with Gasteiger partial charge in [-0.1, -0.05) is 35.3 Å². The number of halogens is 4. The lowest BCUT2D eigenvalue weighted by molar-refractivity contribution is -0.128. The SMILES string of the molecule is CNC(=O)C(NC(=O)CCc1ccc(Cl)cc1Cl)c1ccc(F)c(F)c1. The van der Waals surface area contributed by atoms with E-state index in [0.29, 0.717) is 16.5 Å². The highest BCUT2D eigenvalue weighted by molar-refractivity contribution is 6.35. The van der Waals surface area contributed by atoms with E-state index in [2.05, 4.69) is 10.6 Å². The van der Waals surface area contributed by atoms with Crippen molar-refractivity contribution in [2.24, 2.45) is 0 Å². The van der Waals surface area contributed by atoms with Crippen molar-refractivity contribution in [2.75, 3.05) is 7.05 Å². The Bertz CT molecular complexity index is 831. The summed E-state index contributed by atoms with van der Waals surface area (Å²) < 4.78 is 26.5. The van der Waals surface area contributed by atoms with Gasteiger partial charge in [0.1, 0.15) is 6.04 Å². The Balaban J connectivity index is 2.08. The molecule has 0 saturated heterocycles. The summed E-state index contributed by atoms with van der Waals surface area (Å²) in [4.78, 5) is 24.3. The average molecular weight is 401 g/mol. The number of hydrogen-bond donors (Lipinski definition) is 2. The van der Waals surface area contributed by atoms with Crippen LogP contribution in [0, 0.1) is 11.6 Å². The Morgan fingerprint density at radius 1 is 1.08 bits per heavy atom. The minimum atomic E-state index is -1.14. The van der Waals surface area contributed by atoms with Crippen molar-refractivity contribution >= 4 is 35.0 Å². The second kappa shape index (κ2) is 8.96. The van der Waals surface area contributed by atoms with Crippen molar-refractivity contribution in [1.82, 2.24) is 10.6 Å². The summed E-state index contributed by atoms with van der Waals surface area (Å²) in [5.74, 6) is -3.12. The van der Waals surface area contributed by atoms with Gasteiger partial charge in [-0.25, -0.2) is 8.78 Å². The van der Waals surface area contributed by atoms with E-state index in [1.807, 2.05) is 0 Å². The maximum absolute atomic E-state index is 13.4. The molecule has 0 aliphatic rings. The number of benzene rings is 2. The fourth-order valence-corrected chi connectivity index (χ4v) is 2.85. The Morgan fingerprint density at radius 3 is 2.42 bits per heavy atom. The van der Waals surface area contributed by atoms with Gasteiger partial charge in [-0.15, -0.1) is 0 Å². The van der Waals surface area contributed by atoms with E-state index >= 15 is 0 Å². The fourth-order valence-electron chi connectivity index (χ4n) is 2.34. The van der Waals surface area contributed by atoms with Gasteiger partial charge in [0.25, 0.3) is 0 Å². The molecule has 2 aromatic carbocycles. The molecule has 0 bridgehead atoms. The Kier molecular flexibility index (Phi) is 6.94. The molecular formula is C18H16Cl2F2N2O2. The van der Waals surface area contributed by atoms with Crippen molar-refractivity contribution in [3.8, 4) is 0 Å². The van der Waals surface area contributed by atoms with E-state index in [4.69, 9.17) is 23.2 Å². The van der Waals surface area contributed by atoms with Crippen LogP contribution in [0.5, 0.6) is 0 Å². The molecule has 0 fully saturated rings. The van der Waals surface area contributed by atoms with Gasteiger partial charge in [-0.3, -0.25) is 9.59 Å². The number of carbonyl (C=O) groups is 2. The van der Waals surface area contributed by atoms with Gasteiger partial charge in [0, 0.05) is 23.5 Å². The molecule has 4 nitrogen and oxygen atoms in total. The first-order valence-electron chi connectivity index (χ1n) is 7.71. The predicted octanol–water partition coefficient (Wildman–Crippen LogP) is 3.81. The third-order valence-corrected chi connectivity index (χ3v) is 4.31. The van der Waals surface area contributed by atoms with E-state index in [-0.39, 0.29) is 12.0 Å². The van der Waals surface area contributed by atoms with E-state index in [9.17, 15) is 18.4 Å². The molecule has 0 aliphatic carbocycles. The third-order valence-electron chi connectivity index (χ3n) is 3.73. The van der Waals surface area contributed by atoms with Gasteiger partial charge in [0.05, 0.1) is 0 Å². The molecule has 0 heterocycles. The number of nitrogens with one attached hydrogen (secondary N) is 2. The van der Waals surface area contributed by atoms with Crippen LogP contribution in [0.25, 0.3) is 0 Å². The van der Waals surface area contributed by atoms with Crippen LogP contribution < -0.4 is 10.6 Å². The summed E-state index contributed by atoms with van der Waals surface area (Å²) >= 11 is 11.9. The van der Waals surface area contributed by atoms with E-state index in [1.165, 1.54) is 13.1 Å². The van der Waals surface area contributed by atoms with Crippen molar-refractivity contribution in [3.63, 3.8) is 0 Å². The molecule has 1 atom stereocenters. The lowest BCUT2D eigenvalue weighted by Gasteiger charge is -2.18. The molecule has 0 radical (unpaired) electrons. The van der Waals surface area contributed by atoms with Crippen LogP contribution in [-0.4, -0.2) is 18.9 Å². The molecular weight excluding hydrogens is 385 g/mol. The highest BCUT2D eigenvalue weighted by atomic mass is 35.5. The standard InChI is InChI=1S/C18H16Cl2F2N2O2/c1-23-18(26)17(11-3-6-14(21)15(22)8-11)24-16(25)7-4-10-2-5-12(19)9-13(10)20/h2-3,5-6,8-9,17H,4,7H2,1H3,(H,23,26)(H,24,25). The van der Waals surface area contributed by atoms with Crippen molar-refractivity contribution in [3.05, 3.63) is 69.2 Å². The van der Waals surface area contributed by atoms with Crippen molar-refractivity contribution < 1.29 is 18.4 Å². The summed E-state index contributed by atoms with van der Waals surface area (Å²) in [7, 11) is 1.38. The zero-order chi connectivity index (χ0) is 19.3. The molecule has 8 heteroatoms. The molecule has 0 aromatic heterocycles. The zero-order valence-corrected chi connectivity index (χ0v) is 15.3. The first kappa shape index (κ1) is 20.1. The van der Waals surface area contributed by atoms with E-state index in [1.54, 1.807) is 18.2 Å². The maximum atomic E-state index is 13.4. The quantitative estimate of drug-likeness (QED) is 0.774.